The van der Waals surface area contributed by atoms with Gasteiger partial charge in [0, 0.05) is 18.3 Å². The first-order chi connectivity index (χ1) is 8.99. The number of nitrogens with one attached hydrogen (secondary N) is 1. The lowest BCUT2D eigenvalue weighted by molar-refractivity contribution is 0.303. The van der Waals surface area contributed by atoms with E-state index >= 15 is 0 Å². The van der Waals surface area contributed by atoms with E-state index in [1.165, 1.54) is 37.6 Å². The van der Waals surface area contributed by atoms with Gasteiger partial charge in [-0.2, -0.15) is 0 Å². The van der Waals surface area contributed by atoms with E-state index in [1.807, 2.05) is 6.92 Å². The fourth-order valence-corrected chi connectivity index (χ4v) is 3.97. The van der Waals surface area contributed by atoms with Crippen molar-refractivity contribution < 1.29 is 8.42 Å². The first kappa shape index (κ1) is 14.3. The molecule has 1 aromatic heterocycles. The van der Waals surface area contributed by atoms with Crippen molar-refractivity contribution in [3.63, 3.8) is 0 Å². The molecule has 0 radical (unpaired) electrons. The van der Waals surface area contributed by atoms with Crippen molar-refractivity contribution in [2.45, 2.75) is 50.0 Å². The predicted octanol–water partition coefficient (Wildman–Crippen LogP) is 1.91. The van der Waals surface area contributed by atoms with Crippen LogP contribution < -0.4 is 10.5 Å². The van der Waals surface area contributed by atoms with Gasteiger partial charge in [0.2, 0.25) is 10.0 Å². The van der Waals surface area contributed by atoms with Crippen LogP contribution in [0.3, 0.4) is 0 Å². The Hall–Kier alpha value is -1.14. The second-order valence-corrected chi connectivity index (χ2v) is 6.94. The number of rotatable bonds is 4. The summed E-state index contributed by atoms with van der Waals surface area (Å²) < 4.78 is 27.2. The van der Waals surface area contributed by atoms with Gasteiger partial charge in [0.15, 0.2) is 0 Å². The molecule has 1 atom stereocenters. The van der Waals surface area contributed by atoms with E-state index in [4.69, 9.17) is 5.73 Å². The number of nitrogen functional groups attached to an aromatic ring is 1. The molecule has 0 aromatic carbocycles. The van der Waals surface area contributed by atoms with Gasteiger partial charge in [0.1, 0.15) is 5.82 Å². The van der Waals surface area contributed by atoms with Crippen LogP contribution in [0.4, 0.5) is 5.82 Å². The fourth-order valence-electron chi connectivity index (χ4n) is 2.64. The smallest absolute Gasteiger partial charge is 0.241 e. The Morgan fingerprint density at radius 3 is 2.68 bits per heavy atom. The van der Waals surface area contributed by atoms with Crippen molar-refractivity contribution in [1.82, 2.24) is 9.71 Å². The molecule has 19 heavy (non-hydrogen) atoms. The fraction of sp³-hybridized carbons (Fsp3) is 0.615. The number of nitrogens with zero attached hydrogens (tertiary/aromatic N) is 1. The van der Waals surface area contributed by atoms with E-state index in [0.717, 1.165) is 12.8 Å². The molecule has 0 spiro atoms. The molecular weight excluding hydrogens is 262 g/mol. The number of hydrogen-bond donors (Lipinski definition) is 2. The third-order valence-electron chi connectivity index (χ3n) is 3.76. The molecular formula is C13H21N3O2S. The van der Waals surface area contributed by atoms with Crippen LogP contribution in [0.1, 0.15) is 39.0 Å². The van der Waals surface area contributed by atoms with E-state index in [9.17, 15) is 8.42 Å². The number of sulfonamides is 1. The zero-order valence-electron chi connectivity index (χ0n) is 11.2. The SMILES string of the molecule is CC(NS(=O)(=O)c1ccnc(N)c1)C1CCCCC1. The molecule has 1 fully saturated rings. The molecule has 106 valence electrons. The highest BCUT2D eigenvalue weighted by atomic mass is 32.2. The van der Waals surface area contributed by atoms with E-state index in [-0.39, 0.29) is 16.8 Å². The van der Waals surface area contributed by atoms with Crippen molar-refractivity contribution in [3.8, 4) is 0 Å². The molecule has 1 heterocycles. The second-order valence-electron chi connectivity index (χ2n) is 5.22. The third kappa shape index (κ3) is 3.67. The lowest BCUT2D eigenvalue weighted by Gasteiger charge is -2.28. The van der Waals surface area contributed by atoms with Crippen LogP contribution in [-0.2, 0) is 10.0 Å². The average Bonchev–Trinajstić information content (AvgIpc) is 2.39. The summed E-state index contributed by atoms with van der Waals surface area (Å²) >= 11 is 0. The summed E-state index contributed by atoms with van der Waals surface area (Å²) in [5.41, 5.74) is 5.53. The summed E-state index contributed by atoms with van der Waals surface area (Å²) in [6, 6.07) is 2.81. The van der Waals surface area contributed by atoms with Crippen LogP contribution in [0.2, 0.25) is 0 Å². The van der Waals surface area contributed by atoms with Gasteiger partial charge in [0.25, 0.3) is 0 Å². The first-order valence-electron chi connectivity index (χ1n) is 6.73. The summed E-state index contributed by atoms with van der Waals surface area (Å²) in [4.78, 5) is 3.99. The molecule has 0 bridgehead atoms. The predicted molar refractivity (Wildman–Crippen MR) is 75.0 cm³/mol. The maximum atomic E-state index is 12.2. The van der Waals surface area contributed by atoms with Crippen LogP contribution in [0.5, 0.6) is 0 Å². The Balaban J connectivity index is 2.08. The van der Waals surface area contributed by atoms with E-state index in [2.05, 4.69) is 9.71 Å². The maximum absolute atomic E-state index is 12.2. The largest absolute Gasteiger partial charge is 0.384 e. The van der Waals surface area contributed by atoms with Gasteiger partial charge in [-0.25, -0.2) is 18.1 Å². The van der Waals surface area contributed by atoms with Gasteiger partial charge in [-0.15, -0.1) is 0 Å². The molecule has 1 aliphatic carbocycles. The quantitative estimate of drug-likeness (QED) is 0.884. The van der Waals surface area contributed by atoms with Gasteiger partial charge in [-0.05, 0) is 31.7 Å². The average molecular weight is 283 g/mol. The monoisotopic (exact) mass is 283 g/mol. The highest BCUT2D eigenvalue weighted by Crippen LogP contribution is 2.27. The van der Waals surface area contributed by atoms with Gasteiger partial charge in [-0.1, -0.05) is 19.3 Å². The summed E-state index contributed by atoms with van der Waals surface area (Å²) in [5, 5.41) is 0. The molecule has 2 rings (SSSR count). The number of pyridine rings is 1. The summed E-state index contributed by atoms with van der Waals surface area (Å²) in [6.45, 7) is 1.94. The zero-order chi connectivity index (χ0) is 13.9. The van der Waals surface area contributed by atoms with Crippen molar-refractivity contribution in [3.05, 3.63) is 18.3 Å². The van der Waals surface area contributed by atoms with E-state index in [1.54, 1.807) is 0 Å². The molecule has 6 heteroatoms. The minimum atomic E-state index is -3.50. The molecule has 0 saturated heterocycles. The van der Waals surface area contributed by atoms with Gasteiger partial charge in [0.05, 0.1) is 4.90 Å². The Kier molecular flexibility index (Phi) is 4.42. The molecule has 0 amide bonds. The second kappa shape index (κ2) is 5.88. The molecule has 1 aliphatic rings. The minimum absolute atomic E-state index is 0.0420. The Morgan fingerprint density at radius 1 is 1.37 bits per heavy atom. The minimum Gasteiger partial charge on any atom is -0.384 e. The summed E-state index contributed by atoms with van der Waals surface area (Å²) in [7, 11) is -3.50. The highest BCUT2D eigenvalue weighted by molar-refractivity contribution is 7.89. The number of aromatic nitrogens is 1. The summed E-state index contributed by atoms with van der Waals surface area (Å²) in [5.74, 6) is 0.649. The maximum Gasteiger partial charge on any atom is 0.241 e. The normalized spacial score (nSPS) is 19.2. The molecule has 1 unspecified atom stereocenters. The molecule has 1 saturated carbocycles. The number of anilines is 1. The van der Waals surface area contributed by atoms with Crippen molar-refractivity contribution in [2.24, 2.45) is 5.92 Å². The third-order valence-corrected chi connectivity index (χ3v) is 5.32. The molecule has 1 aromatic rings. The van der Waals surface area contributed by atoms with Crippen LogP contribution in [0.15, 0.2) is 23.2 Å². The van der Waals surface area contributed by atoms with Gasteiger partial charge >= 0.3 is 0 Å². The standard InChI is InChI=1S/C13H21N3O2S/c1-10(11-5-3-2-4-6-11)16-19(17,18)12-7-8-15-13(14)9-12/h7-11,16H,2-6H2,1H3,(H2,14,15). The van der Waals surface area contributed by atoms with Crippen LogP contribution in [0, 0.1) is 5.92 Å². The highest BCUT2D eigenvalue weighted by Gasteiger charge is 2.25. The van der Waals surface area contributed by atoms with Crippen molar-refractivity contribution in [1.29, 1.82) is 0 Å². The Morgan fingerprint density at radius 2 is 2.05 bits per heavy atom. The van der Waals surface area contributed by atoms with Crippen molar-refractivity contribution >= 4 is 15.8 Å². The van der Waals surface area contributed by atoms with E-state index in [0.29, 0.717) is 5.92 Å². The van der Waals surface area contributed by atoms with Crippen LogP contribution in [0.25, 0.3) is 0 Å². The number of nitrogens with two attached hydrogens (primary N) is 1. The number of hydrogen-bond acceptors (Lipinski definition) is 4. The van der Waals surface area contributed by atoms with E-state index < -0.39 is 10.0 Å². The Labute approximate surface area is 114 Å². The topological polar surface area (TPSA) is 85.1 Å². The lowest BCUT2D eigenvalue weighted by atomic mass is 9.85. The van der Waals surface area contributed by atoms with Crippen molar-refractivity contribution in [2.75, 3.05) is 5.73 Å². The lowest BCUT2D eigenvalue weighted by Crippen LogP contribution is -2.38. The molecule has 3 N–H and O–H groups in total. The van der Waals surface area contributed by atoms with Crippen LogP contribution in [-0.4, -0.2) is 19.4 Å². The van der Waals surface area contributed by atoms with Gasteiger partial charge < -0.3 is 5.73 Å². The Bertz CT molecular complexity index is 524. The first-order valence-corrected chi connectivity index (χ1v) is 8.21. The van der Waals surface area contributed by atoms with Gasteiger partial charge in [-0.3, -0.25) is 0 Å². The zero-order valence-corrected chi connectivity index (χ0v) is 12.0. The van der Waals surface area contributed by atoms with Crippen LogP contribution >= 0.6 is 0 Å². The molecule has 0 aliphatic heterocycles. The molecule has 5 nitrogen and oxygen atoms in total. The summed E-state index contributed by atoms with van der Waals surface area (Å²) in [6.07, 6.45) is 7.26.